The summed E-state index contributed by atoms with van der Waals surface area (Å²) in [4.78, 5) is 13.8. The molecule has 0 heterocycles. The summed E-state index contributed by atoms with van der Waals surface area (Å²) in [6.07, 6.45) is 0. The zero-order chi connectivity index (χ0) is 15.4. The third kappa shape index (κ3) is 3.25. The standard InChI is InChI=1S/C16H16F2N2O/c1-20(12-7-8-14(17)15(18)9-12)16(21)13(10-19)11-5-3-2-4-6-11/h2-9,13H,10,19H2,1H3. The molecule has 2 aromatic carbocycles. The van der Waals surface area contributed by atoms with Gasteiger partial charge in [-0.2, -0.15) is 0 Å². The zero-order valence-corrected chi connectivity index (χ0v) is 11.6. The van der Waals surface area contributed by atoms with E-state index < -0.39 is 17.6 Å². The maximum absolute atomic E-state index is 13.3. The number of carbonyl (C=O) groups excluding carboxylic acids is 1. The number of hydrogen-bond acceptors (Lipinski definition) is 2. The normalized spacial score (nSPS) is 12.0. The number of halogens is 2. The van der Waals surface area contributed by atoms with Crippen molar-refractivity contribution in [3.63, 3.8) is 0 Å². The molecule has 1 atom stereocenters. The Morgan fingerprint density at radius 2 is 1.81 bits per heavy atom. The fraction of sp³-hybridized carbons (Fsp3) is 0.188. The van der Waals surface area contributed by atoms with Crippen molar-refractivity contribution in [3.05, 3.63) is 65.7 Å². The average molecular weight is 290 g/mol. The highest BCUT2D eigenvalue weighted by Gasteiger charge is 2.23. The molecule has 0 fully saturated rings. The third-order valence-electron chi connectivity index (χ3n) is 3.36. The molecule has 1 unspecified atom stereocenters. The summed E-state index contributed by atoms with van der Waals surface area (Å²) in [5, 5.41) is 0. The SMILES string of the molecule is CN(C(=O)C(CN)c1ccccc1)c1ccc(F)c(F)c1. The number of nitrogens with two attached hydrogens (primary N) is 1. The molecule has 2 rings (SSSR count). The second-order valence-corrected chi connectivity index (χ2v) is 4.69. The molecule has 0 bridgehead atoms. The molecular formula is C16H16F2N2O. The molecule has 2 N–H and O–H groups in total. The first kappa shape index (κ1) is 15.1. The first-order valence-electron chi connectivity index (χ1n) is 6.52. The predicted molar refractivity (Wildman–Crippen MR) is 78.0 cm³/mol. The van der Waals surface area contributed by atoms with Gasteiger partial charge in [-0.15, -0.1) is 0 Å². The molecule has 0 radical (unpaired) electrons. The fourth-order valence-electron chi connectivity index (χ4n) is 2.12. The van der Waals surface area contributed by atoms with Crippen LogP contribution in [0.3, 0.4) is 0 Å². The third-order valence-corrected chi connectivity index (χ3v) is 3.36. The number of anilines is 1. The molecule has 3 nitrogen and oxygen atoms in total. The molecule has 0 aliphatic rings. The lowest BCUT2D eigenvalue weighted by atomic mass is 9.97. The minimum Gasteiger partial charge on any atom is -0.329 e. The highest BCUT2D eigenvalue weighted by atomic mass is 19.2. The number of benzene rings is 2. The molecule has 1 amide bonds. The average Bonchev–Trinajstić information content (AvgIpc) is 2.51. The molecule has 0 saturated carbocycles. The lowest BCUT2D eigenvalue weighted by Crippen LogP contribution is -2.35. The van der Waals surface area contributed by atoms with Gasteiger partial charge in [-0.05, 0) is 17.7 Å². The molecule has 0 aliphatic heterocycles. The second kappa shape index (κ2) is 6.45. The smallest absolute Gasteiger partial charge is 0.235 e. The number of hydrogen-bond donors (Lipinski definition) is 1. The van der Waals surface area contributed by atoms with E-state index in [-0.39, 0.29) is 18.1 Å². The summed E-state index contributed by atoms with van der Waals surface area (Å²) in [7, 11) is 1.51. The molecular weight excluding hydrogens is 274 g/mol. The van der Waals surface area contributed by atoms with E-state index in [9.17, 15) is 13.6 Å². The van der Waals surface area contributed by atoms with Crippen LogP contribution < -0.4 is 10.6 Å². The number of nitrogens with zero attached hydrogens (tertiary/aromatic N) is 1. The van der Waals surface area contributed by atoms with E-state index in [0.717, 1.165) is 17.7 Å². The Bertz CT molecular complexity index is 631. The van der Waals surface area contributed by atoms with Gasteiger partial charge in [-0.3, -0.25) is 4.79 Å². The van der Waals surface area contributed by atoms with Crippen molar-refractivity contribution in [2.24, 2.45) is 5.73 Å². The second-order valence-electron chi connectivity index (χ2n) is 4.69. The van der Waals surface area contributed by atoms with E-state index in [1.54, 1.807) is 0 Å². The van der Waals surface area contributed by atoms with Crippen LogP contribution in [0.5, 0.6) is 0 Å². The van der Waals surface area contributed by atoms with E-state index >= 15 is 0 Å². The Labute approximate surface area is 122 Å². The Morgan fingerprint density at radius 1 is 1.14 bits per heavy atom. The van der Waals surface area contributed by atoms with Crippen LogP contribution in [0.2, 0.25) is 0 Å². The topological polar surface area (TPSA) is 46.3 Å². The molecule has 0 spiro atoms. The van der Waals surface area contributed by atoms with E-state index in [2.05, 4.69) is 0 Å². The van der Waals surface area contributed by atoms with E-state index in [1.165, 1.54) is 18.0 Å². The van der Waals surface area contributed by atoms with Crippen molar-refractivity contribution < 1.29 is 13.6 Å². The van der Waals surface area contributed by atoms with Gasteiger partial charge in [0.15, 0.2) is 11.6 Å². The van der Waals surface area contributed by atoms with E-state index in [1.807, 2.05) is 30.3 Å². The largest absolute Gasteiger partial charge is 0.329 e. The van der Waals surface area contributed by atoms with Crippen LogP contribution in [0.15, 0.2) is 48.5 Å². The van der Waals surface area contributed by atoms with E-state index in [4.69, 9.17) is 5.73 Å². The predicted octanol–water partition coefficient (Wildman–Crippen LogP) is 2.67. The first-order valence-corrected chi connectivity index (χ1v) is 6.52. The van der Waals surface area contributed by atoms with Gasteiger partial charge in [-0.25, -0.2) is 8.78 Å². The summed E-state index contributed by atoms with van der Waals surface area (Å²) in [5.41, 5.74) is 6.77. The van der Waals surface area contributed by atoms with Gasteiger partial charge in [0.05, 0.1) is 5.92 Å². The summed E-state index contributed by atoms with van der Waals surface area (Å²) in [6, 6.07) is 12.5. The van der Waals surface area contributed by atoms with Crippen molar-refractivity contribution >= 4 is 11.6 Å². The van der Waals surface area contributed by atoms with Crippen LogP contribution in [0.25, 0.3) is 0 Å². The number of likely N-dealkylation sites (N-methyl/N-ethyl adjacent to an activating group) is 1. The number of amides is 1. The molecule has 21 heavy (non-hydrogen) atoms. The monoisotopic (exact) mass is 290 g/mol. The van der Waals surface area contributed by atoms with Crippen LogP contribution in [-0.4, -0.2) is 19.5 Å². The van der Waals surface area contributed by atoms with Crippen molar-refractivity contribution in [2.45, 2.75) is 5.92 Å². The Kier molecular flexibility index (Phi) is 4.65. The summed E-state index contributed by atoms with van der Waals surface area (Å²) in [5.74, 6) is -2.73. The summed E-state index contributed by atoms with van der Waals surface area (Å²) < 4.78 is 26.2. The van der Waals surface area contributed by atoms with Gasteiger partial charge in [-0.1, -0.05) is 30.3 Å². The lowest BCUT2D eigenvalue weighted by molar-refractivity contribution is -0.119. The van der Waals surface area contributed by atoms with Crippen LogP contribution in [0, 0.1) is 11.6 Å². The fourth-order valence-corrected chi connectivity index (χ4v) is 2.12. The number of carbonyl (C=O) groups is 1. The van der Waals surface area contributed by atoms with Crippen LogP contribution in [0.1, 0.15) is 11.5 Å². The minimum absolute atomic E-state index is 0.136. The molecule has 2 aromatic rings. The van der Waals surface area contributed by atoms with Crippen molar-refractivity contribution in [3.8, 4) is 0 Å². The maximum Gasteiger partial charge on any atom is 0.235 e. The minimum atomic E-state index is -0.990. The zero-order valence-electron chi connectivity index (χ0n) is 11.6. The van der Waals surface area contributed by atoms with Gasteiger partial charge >= 0.3 is 0 Å². The van der Waals surface area contributed by atoms with Gasteiger partial charge in [0.25, 0.3) is 0 Å². The Morgan fingerprint density at radius 3 is 2.38 bits per heavy atom. The van der Waals surface area contributed by atoms with Gasteiger partial charge in [0, 0.05) is 25.3 Å². The number of rotatable bonds is 4. The van der Waals surface area contributed by atoms with Crippen molar-refractivity contribution in [1.82, 2.24) is 0 Å². The van der Waals surface area contributed by atoms with Crippen LogP contribution in [-0.2, 0) is 4.79 Å². The Hall–Kier alpha value is -2.27. The van der Waals surface area contributed by atoms with Gasteiger partial charge < -0.3 is 10.6 Å². The highest BCUT2D eigenvalue weighted by Crippen LogP contribution is 2.22. The van der Waals surface area contributed by atoms with Crippen molar-refractivity contribution in [1.29, 1.82) is 0 Å². The lowest BCUT2D eigenvalue weighted by Gasteiger charge is -2.23. The quantitative estimate of drug-likeness (QED) is 0.941. The molecule has 5 heteroatoms. The molecule has 0 aromatic heterocycles. The van der Waals surface area contributed by atoms with E-state index in [0.29, 0.717) is 0 Å². The van der Waals surface area contributed by atoms with Crippen molar-refractivity contribution in [2.75, 3.05) is 18.5 Å². The van der Waals surface area contributed by atoms with Crippen LogP contribution in [0.4, 0.5) is 14.5 Å². The van der Waals surface area contributed by atoms with Gasteiger partial charge in [0.2, 0.25) is 5.91 Å². The Balaban J connectivity index is 2.26. The maximum atomic E-state index is 13.3. The molecule has 0 saturated heterocycles. The first-order chi connectivity index (χ1) is 10.0. The van der Waals surface area contributed by atoms with Crippen LogP contribution >= 0.6 is 0 Å². The molecule has 110 valence electrons. The summed E-state index contributed by atoms with van der Waals surface area (Å²) >= 11 is 0. The highest BCUT2D eigenvalue weighted by molar-refractivity contribution is 5.97. The molecule has 0 aliphatic carbocycles. The summed E-state index contributed by atoms with van der Waals surface area (Å²) in [6.45, 7) is 0.136. The van der Waals surface area contributed by atoms with Gasteiger partial charge in [0.1, 0.15) is 0 Å².